The molecule has 1 aliphatic heterocycles. The normalized spacial score (nSPS) is 16.4. The van der Waals surface area contributed by atoms with Crippen molar-refractivity contribution in [2.45, 2.75) is 51.0 Å². The van der Waals surface area contributed by atoms with Crippen molar-refractivity contribution >= 4 is 18.1 Å². The molecule has 1 amide bonds. The average Bonchev–Trinajstić information content (AvgIpc) is 3.49. The first-order valence-corrected chi connectivity index (χ1v) is 12.3. The van der Waals surface area contributed by atoms with E-state index in [1.807, 2.05) is 41.8 Å². The van der Waals surface area contributed by atoms with Crippen LogP contribution in [0.25, 0.3) is 11.4 Å². The molecule has 7 nitrogen and oxygen atoms in total. The van der Waals surface area contributed by atoms with Crippen LogP contribution in [0.4, 0.5) is 0 Å². The van der Waals surface area contributed by atoms with Crippen molar-refractivity contribution in [2.75, 3.05) is 19.8 Å². The number of H-pyrrole nitrogens is 1. The maximum absolute atomic E-state index is 12.9. The van der Waals surface area contributed by atoms with E-state index in [4.69, 9.17) is 21.7 Å². The van der Waals surface area contributed by atoms with Gasteiger partial charge in [-0.1, -0.05) is 48.7 Å². The van der Waals surface area contributed by atoms with Gasteiger partial charge in [0.2, 0.25) is 5.91 Å². The number of ether oxygens (including phenoxy) is 2. The molecule has 2 aromatic carbocycles. The largest absolute Gasteiger partial charge is 0.486 e. The van der Waals surface area contributed by atoms with E-state index < -0.39 is 0 Å². The number of nitrogens with zero attached hydrogens (tertiary/aromatic N) is 2. The fourth-order valence-corrected chi connectivity index (χ4v) is 5.23. The first-order chi connectivity index (χ1) is 16.5. The zero-order valence-corrected chi connectivity index (χ0v) is 20.2. The van der Waals surface area contributed by atoms with E-state index in [-0.39, 0.29) is 11.3 Å². The lowest BCUT2D eigenvalue weighted by molar-refractivity contribution is -0.121. The Morgan fingerprint density at radius 3 is 2.62 bits per heavy atom. The topological polar surface area (TPSA) is 81.2 Å². The van der Waals surface area contributed by atoms with Gasteiger partial charge in [0, 0.05) is 30.5 Å². The summed E-state index contributed by atoms with van der Waals surface area (Å²) in [5.41, 5.74) is 3.31. The van der Waals surface area contributed by atoms with Crippen molar-refractivity contribution in [3.63, 3.8) is 0 Å². The first kappa shape index (κ1) is 22.7. The third-order valence-electron chi connectivity index (χ3n) is 6.97. The molecular formula is C26H30N4O3S. The summed E-state index contributed by atoms with van der Waals surface area (Å²) in [6, 6.07) is 14.4. The second kappa shape index (κ2) is 9.62. The van der Waals surface area contributed by atoms with E-state index in [2.05, 4.69) is 27.6 Å². The van der Waals surface area contributed by atoms with E-state index in [0.717, 1.165) is 48.6 Å². The van der Waals surface area contributed by atoms with Gasteiger partial charge in [-0.3, -0.25) is 14.5 Å². The maximum Gasteiger partial charge on any atom is 0.221 e. The molecule has 0 unspecified atom stereocenters. The second-order valence-corrected chi connectivity index (χ2v) is 9.63. The third kappa shape index (κ3) is 4.59. The number of benzene rings is 2. The summed E-state index contributed by atoms with van der Waals surface area (Å²) >= 11 is 5.42. The second-order valence-electron chi connectivity index (χ2n) is 9.24. The van der Waals surface area contributed by atoms with Gasteiger partial charge in [-0.05, 0) is 49.7 Å². The molecule has 2 aliphatic rings. The molecule has 3 aromatic rings. The Kier molecular flexibility index (Phi) is 6.41. The van der Waals surface area contributed by atoms with Crippen LogP contribution in [0.5, 0.6) is 11.5 Å². The van der Waals surface area contributed by atoms with Crippen molar-refractivity contribution in [1.82, 2.24) is 20.1 Å². The van der Waals surface area contributed by atoms with Crippen LogP contribution in [0.3, 0.4) is 0 Å². The summed E-state index contributed by atoms with van der Waals surface area (Å²) in [6.07, 6.45) is 4.77. The molecule has 5 rings (SSSR count). The zero-order chi connectivity index (χ0) is 23.5. The number of fused-ring (bicyclic) bond motifs is 1. The van der Waals surface area contributed by atoms with Gasteiger partial charge in [0.05, 0.1) is 0 Å². The Morgan fingerprint density at radius 1 is 1.12 bits per heavy atom. The van der Waals surface area contributed by atoms with E-state index in [1.165, 1.54) is 11.1 Å². The predicted molar refractivity (Wildman–Crippen MR) is 133 cm³/mol. The Balaban J connectivity index is 1.25. The quantitative estimate of drug-likeness (QED) is 0.481. The molecule has 0 radical (unpaired) electrons. The van der Waals surface area contributed by atoms with E-state index >= 15 is 0 Å². The molecule has 0 saturated heterocycles. The number of aromatic nitrogens is 3. The van der Waals surface area contributed by atoms with Crippen LogP contribution in [0.2, 0.25) is 0 Å². The van der Waals surface area contributed by atoms with Crippen molar-refractivity contribution in [2.24, 2.45) is 0 Å². The van der Waals surface area contributed by atoms with Gasteiger partial charge >= 0.3 is 0 Å². The van der Waals surface area contributed by atoms with Gasteiger partial charge in [-0.2, -0.15) is 5.10 Å². The van der Waals surface area contributed by atoms with Gasteiger partial charge in [0.1, 0.15) is 13.2 Å². The molecule has 1 aromatic heterocycles. The molecule has 34 heavy (non-hydrogen) atoms. The minimum absolute atomic E-state index is 0.0155. The lowest BCUT2D eigenvalue weighted by atomic mass is 9.78. The molecule has 0 bridgehead atoms. The molecular weight excluding hydrogens is 448 g/mol. The van der Waals surface area contributed by atoms with Crippen LogP contribution in [-0.2, 0) is 16.8 Å². The fourth-order valence-electron chi connectivity index (χ4n) is 5.01. The molecule has 0 spiro atoms. The van der Waals surface area contributed by atoms with Crippen LogP contribution >= 0.6 is 12.2 Å². The minimum atomic E-state index is -0.0650. The molecule has 0 atom stereocenters. The van der Waals surface area contributed by atoms with Gasteiger partial charge in [0.25, 0.3) is 0 Å². The molecule has 1 aliphatic carbocycles. The Hall–Kier alpha value is -3.13. The van der Waals surface area contributed by atoms with Gasteiger partial charge < -0.3 is 14.8 Å². The highest BCUT2D eigenvalue weighted by atomic mass is 32.1. The first-order valence-electron chi connectivity index (χ1n) is 11.9. The van der Waals surface area contributed by atoms with Crippen LogP contribution in [0.15, 0.2) is 42.5 Å². The van der Waals surface area contributed by atoms with Crippen LogP contribution in [0, 0.1) is 11.7 Å². The van der Waals surface area contributed by atoms with Crippen LogP contribution in [0.1, 0.15) is 43.2 Å². The fraction of sp³-hybridized carbons (Fsp3) is 0.423. The highest BCUT2D eigenvalue weighted by Gasteiger charge is 2.36. The molecule has 178 valence electrons. The number of hydrogen-bond donors (Lipinski definition) is 2. The summed E-state index contributed by atoms with van der Waals surface area (Å²) < 4.78 is 13.9. The Labute approximate surface area is 204 Å². The van der Waals surface area contributed by atoms with E-state index in [0.29, 0.717) is 37.5 Å². The highest BCUT2D eigenvalue weighted by Crippen LogP contribution is 2.43. The maximum atomic E-state index is 12.9. The number of aromatic amines is 1. The molecule has 1 fully saturated rings. The summed E-state index contributed by atoms with van der Waals surface area (Å²) in [5, 5.41) is 10.4. The molecule has 1 saturated carbocycles. The van der Waals surface area contributed by atoms with E-state index in [1.54, 1.807) is 0 Å². The van der Waals surface area contributed by atoms with Crippen molar-refractivity contribution in [3.8, 4) is 22.9 Å². The summed E-state index contributed by atoms with van der Waals surface area (Å²) in [5.74, 6) is 2.37. The average molecular weight is 479 g/mol. The van der Waals surface area contributed by atoms with Gasteiger partial charge in [0.15, 0.2) is 22.1 Å². The number of aryl methyl sites for hydroxylation is 1. The Bertz CT molecular complexity index is 1230. The minimum Gasteiger partial charge on any atom is -0.486 e. The van der Waals surface area contributed by atoms with Crippen molar-refractivity contribution in [3.05, 3.63) is 58.4 Å². The number of hydrogen-bond acceptors (Lipinski definition) is 5. The molecule has 2 N–H and O–H groups in total. The summed E-state index contributed by atoms with van der Waals surface area (Å²) in [4.78, 5) is 12.9. The Morgan fingerprint density at radius 2 is 1.85 bits per heavy atom. The monoisotopic (exact) mass is 478 g/mol. The zero-order valence-electron chi connectivity index (χ0n) is 19.4. The summed E-state index contributed by atoms with van der Waals surface area (Å²) in [7, 11) is 0. The van der Waals surface area contributed by atoms with Crippen LogP contribution in [-0.4, -0.2) is 40.4 Å². The van der Waals surface area contributed by atoms with Gasteiger partial charge in [-0.25, -0.2) is 0 Å². The van der Waals surface area contributed by atoms with Crippen LogP contribution < -0.4 is 14.8 Å². The number of nitrogens with one attached hydrogen (secondary N) is 2. The van der Waals surface area contributed by atoms with Crippen molar-refractivity contribution in [1.29, 1.82) is 0 Å². The lowest BCUT2D eigenvalue weighted by Gasteiger charge is -2.31. The predicted octanol–water partition coefficient (Wildman–Crippen LogP) is 4.71. The molecule has 8 heteroatoms. The SMILES string of the molecule is Cc1ccc(-c2n[nH]c(=S)n2CCC(=O)NCC2(c3ccc4c(c3)OCCO4)CCCC2)cc1. The number of rotatable bonds is 7. The number of amides is 1. The lowest BCUT2D eigenvalue weighted by Crippen LogP contribution is -2.39. The summed E-state index contributed by atoms with van der Waals surface area (Å²) in [6.45, 7) is 4.29. The van der Waals surface area contributed by atoms with E-state index in [9.17, 15) is 4.79 Å². The third-order valence-corrected chi connectivity index (χ3v) is 7.28. The smallest absolute Gasteiger partial charge is 0.221 e. The number of carbonyl (C=O) groups excluding carboxylic acids is 1. The number of carbonyl (C=O) groups is 1. The van der Waals surface area contributed by atoms with Crippen molar-refractivity contribution < 1.29 is 14.3 Å². The highest BCUT2D eigenvalue weighted by molar-refractivity contribution is 7.71. The molecule has 2 heterocycles. The standard InChI is InChI=1S/C26H30N4O3S/c1-18-4-6-19(7-5-18)24-28-29-25(34)30(24)13-10-23(31)27-17-26(11-2-3-12-26)20-8-9-21-22(16-20)33-15-14-32-21/h4-9,16H,2-3,10-15,17H2,1H3,(H,27,31)(H,29,34). The van der Waals surface area contributed by atoms with Gasteiger partial charge in [-0.15, -0.1) is 0 Å².